The summed E-state index contributed by atoms with van der Waals surface area (Å²) in [4.78, 5) is 23.0. The summed E-state index contributed by atoms with van der Waals surface area (Å²) in [6.07, 6.45) is 44.1. The SMILES string of the molecule is CC/C=C\C/C=C\C/C=C\C/C=C\C/C=C\CCCCCCCCCC(=O)NC(COP(=O)(O)OCC[N+](C)(C)C)C(O)CCCCCCCCC. The standard InChI is InChI=1S/C43H79N2O6P/c1-6-8-10-12-14-15-16-17-18-19-20-21-22-23-24-25-26-27-28-29-31-33-35-37-43(47)44-41(42(46)36-34-32-30-13-11-9-7-2)40-51-52(48,49)50-39-38-45(3,4)5/h8,10,14-15,17-18,20-21,23-24,41-42,46H,6-7,9,11-13,16,19,22,25-40H2,1-5H3,(H-,44,47,48,49)/p+1/b10-8-,15-14-,18-17-,21-20-,24-23-. The van der Waals surface area contributed by atoms with E-state index < -0.39 is 20.0 Å². The first kappa shape index (κ1) is 50.2. The fourth-order valence-corrected chi connectivity index (χ4v) is 6.22. The number of phosphoric acid groups is 1. The van der Waals surface area contributed by atoms with E-state index in [9.17, 15) is 19.4 Å². The second kappa shape index (κ2) is 34.9. The van der Waals surface area contributed by atoms with Gasteiger partial charge in [0.15, 0.2) is 0 Å². The summed E-state index contributed by atoms with van der Waals surface area (Å²) in [6, 6.07) is -0.766. The fraction of sp³-hybridized carbons (Fsp3) is 0.744. The second-order valence-electron chi connectivity index (χ2n) is 15.0. The van der Waals surface area contributed by atoms with Gasteiger partial charge in [0, 0.05) is 6.42 Å². The summed E-state index contributed by atoms with van der Waals surface area (Å²) in [5.74, 6) is -0.164. The van der Waals surface area contributed by atoms with Crippen LogP contribution in [0.15, 0.2) is 60.8 Å². The van der Waals surface area contributed by atoms with E-state index in [0.29, 0.717) is 23.9 Å². The Kier molecular flexibility index (Phi) is 33.7. The third-order valence-electron chi connectivity index (χ3n) is 8.78. The predicted molar refractivity (Wildman–Crippen MR) is 221 cm³/mol. The zero-order chi connectivity index (χ0) is 38.6. The van der Waals surface area contributed by atoms with Crippen molar-refractivity contribution in [2.45, 2.75) is 167 Å². The average molecular weight is 752 g/mol. The van der Waals surface area contributed by atoms with Gasteiger partial charge in [-0.05, 0) is 57.8 Å². The molecule has 302 valence electrons. The molecule has 52 heavy (non-hydrogen) atoms. The Morgan fingerprint density at radius 2 is 1.15 bits per heavy atom. The van der Waals surface area contributed by atoms with Crippen molar-refractivity contribution in [2.24, 2.45) is 0 Å². The third-order valence-corrected chi connectivity index (χ3v) is 9.76. The summed E-state index contributed by atoms with van der Waals surface area (Å²) in [6.45, 7) is 4.69. The molecular weight excluding hydrogens is 671 g/mol. The molecule has 0 aliphatic carbocycles. The summed E-state index contributed by atoms with van der Waals surface area (Å²) < 4.78 is 23.5. The zero-order valence-electron chi connectivity index (χ0n) is 34.0. The van der Waals surface area contributed by atoms with Crippen LogP contribution in [0.1, 0.15) is 155 Å². The van der Waals surface area contributed by atoms with Crippen molar-refractivity contribution in [1.29, 1.82) is 0 Å². The van der Waals surface area contributed by atoms with Gasteiger partial charge in [-0.3, -0.25) is 13.8 Å². The summed E-state index contributed by atoms with van der Waals surface area (Å²) >= 11 is 0. The molecule has 0 aromatic carbocycles. The number of hydrogen-bond acceptors (Lipinski definition) is 5. The van der Waals surface area contributed by atoms with E-state index >= 15 is 0 Å². The second-order valence-corrected chi connectivity index (χ2v) is 16.4. The highest BCUT2D eigenvalue weighted by atomic mass is 31.2. The van der Waals surface area contributed by atoms with Gasteiger partial charge in [0.1, 0.15) is 13.2 Å². The van der Waals surface area contributed by atoms with E-state index in [1.807, 2.05) is 21.1 Å². The normalized spacial score (nSPS) is 15.1. The summed E-state index contributed by atoms with van der Waals surface area (Å²) in [5.41, 5.74) is 0. The van der Waals surface area contributed by atoms with Crippen LogP contribution in [-0.2, 0) is 18.4 Å². The van der Waals surface area contributed by atoms with Gasteiger partial charge in [-0.15, -0.1) is 0 Å². The summed E-state index contributed by atoms with van der Waals surface area (Å²) in [5, 5.41) is 13.8. The number of quaternary nitrogens is 1. The van der Waals surface area contributed by atoms with E-state index in [1.165, 1.54) is 51.4 Å². The molecule has 0 rings (SSSR count). The molecule has 0 fully saturated rings. The number of carbonyl (C=O) groups excluding carboxylic acids is 1. The molecule has 1 amide bonds. The van der Waals surface area contributed by atoms with E-state index in [2.05, 4.69) is 79.9 Å². The van der Waals surface area contributed by atoms with Crippen LogP contribution in [0.5, 0.6) is 0 Å². The lowest BCUT2D eigenvalue weighted by Gasteiger charge is -2.26. The molecule has 9 heteroatoms. The van der Waals surface area contributed by atoms with Gasteiger partial charge in [0.25, 0.3) is 0 Å². The molecule has 0 aliphatic rings. The molecule has 0 saturated heterocycles. The molecule has 0 heterocycles. The van der Waals surface area contributed by atoms with Crippen LogP contribution in [0.25, 0.3) is 0 Å². The molecule has 0 aromatic rings. The molecule has 3 unspecified atom stereocenters. The minimum absolute atomic E-state index is 0.0686. The number of carbonyl (C=O) groups is 1. The van der Waals surface area contributed by atoms with Crippen LogP contribution in [0.2, 0.25) is 0 Å². The molecule has 0 bridgehead atoms. The number of hydrogen-bond donors (Lipinski definition) is 3. The number of phosphoric ester groups is 1. The Morgan fingerprint density at radius 3 is 1.69 bits per heavy atom. The smallest absolute Gasteiger partial charge is 0.391 e. The maximum atomic E-state index is 12.8. The minimum atomic E-state index is -4.31. The van der Waals surface area contributed by atoms with Crippen molar-refractivity contribution in [3.05, 3.63) is 60.8 Å². The van der Waals surface area contributed by atoms with Gasteiger partial charge >= 0.3 is 7.82 Å². The van der Waals surface area contributed by atoms with E-state index in [0.717, 1.165) is 77.0 Å². The Bertz CT molecular complexity index is 1030. The van der Waals surface area contributed by atoms with Gasteiger partial charge in [-0.2, -0.15) is 0 Å². The first-order valence-electron chi connectivity index (χ1n) is 20.7. The highest BCUT2D eigenvalue weighted by molar-refractivity contribution is 7.47. The van der Waals surface area contributed by atoms with Crippen molar-refractivity contribution < 1.29 is 32.9 Å². The number of unbranched alkanes of at least 4 members (excludes halogenated alkanes) is 13. The largest absolute Gasteiger partial charge is 0.472 e. The van der Waals surface area contributed by atoms with Crippen LogP contribution in [0.4, 0.5) is 0 Å². The number of aliphatic hydroxyl groups excluding tert-OH is 1. The number of nitrogens with one attached hydrogen (secondary N) is 1. The van der Waals surface area contributed by atoms with Crippen LogP contribution < -0.4 is 5.32 Å². The lowest BCUT2D eigenvalue weighted by molar-refractivity contribution is -0.870. The molecule has 0 spiro atoms. The van der Waals surface area contributed by atoms with Crippen molar-refractivity contribution in [3.63, 3.8) is 0 Å². The lowest BCUT2D eigenvalue weighted by atomic mass is 10.0. The highest BCUT2D eigenvalue weighted by Crippen LogP contribution is 2.43. The van der Waals surface area contributed by atoms with E-state index in [1.54, 1.807) is 0 Å². The minimum Gasteiger partial charge on any atom is -0.391 e. The first-order chi connectivity index (χ1) is 25.0. The quantitative estimate of drug-likeness (QED) is 0.0255. The summed E-state index contributed by atoms with van der Waals surface area (Å²) in [7, 11) is 1.59. The van der Waals surface area contributed by atoms with Crippen LogP contribution >= 0.6 is 7.82 Å². The lowest BCUT2D eigenvalue weighted by Crippen LogP contribution is -2.46. The van der Waals surface area contributed by atoms with Crippen molar-refractivity contribution in [1.82, 2.24) is 5.32 Å². The van der Waals surface area contributed by atoms with Gasteiger partial charge in [-0.25, -0.2) is 4.57 Å². The van der Waals surface area contributed by atoms with Gasteiger partial charge in [0.05, 0.1) is 39.9 Å². The molecule has 0 saturated carbocycles. The predicted octanol–water partition coefficient (Wildman–Crippen LogP) is 11.1. The molecule has 0 aliphatic heterocycles. The van der Waals surface area contributed by atoms with Crippen LogP contribution in [0, 0.1) is 0 Å². The van der Waals surface area contributed by atoms with Gasteiger partial charge in [-0.1, -0.05) is 152 Å². The van der Waals surface area contributed by atoms with E-state index in [-0.39, 0.29) is 19.1 Å². The third kappa shape index (κ3) is 36.6. The molecule has 0 radical (unpaired) electrons. The molecule has 3 atom stereocenters. The molecule has 3 N–H and O–H groups in total. The molecule has 8 nitrogen and oxygen atoms in total. The Balaban J connectivity index is 4.24. The Labute approximate surface area is 320 Å². The Morgan fingerprint density at radius 1 is 0.673 bits per heavy atom. The first-order valence-corrected chi connectivity index (χ1v) is 22.1. The highest BCUT2D eigenvalue weighted by Gasteiger charge is 2.28. The number of aliphatic hydroxyl groups is 1. The fourth-order valence-electron chi connectivity index (χ4n) is 5.48. The molecular formula is C43H80N2O6P+. The number of allylic oxidation sites excluding steroid dienone is 10. The van der Waals surface area contributed by atoms with Crippen LogP contribution in [-0.4, -0.2) is 73.4 Å². The molecule has 0 aromatic heterocycles. The van der Waals surface area contributed by atoms with Crippen molar-refractivity contribution in [2.75, 3.05) is 40.9 Å². The topological polar surface area (TPSA) is 105 Å². The number of nitrogens with zero attached hydrogens (tertiary/aromatic N) is 1. The van der Waals surface area contributed by atoms with Crippen molar-refractivity contribution >= 4 is 13.7 Å². The van der Waals surface area contributed by atoms with E-state index in [4.69, 9.17) is 9.05 Å². The zero-order valence-corrected chi connectivity index (χ0v) is 34.9. The van der Waals surface area contributed by atoms with Gasteiger partial charge < -0.3 is 19.8 Å². The monoisotopic (exact) mass is 752 g/mol. The number of rotatable bonds is 36. The average Bonchev–Trinajstić information content (AvgIpc) is 3.09. The maximum absolute atomic E-state index is 12.8. The number of likely N-dealkylation sites (N-methyl/N-ethyl adjacent to an activating group) is 1. The Hall–Kier alpha value is -1.80. The van der Waals surface area contributed by atoms with Crippen LogP contribution in [0.3, 0.4) is 0 Å². The van der Waals surface area contributed by atoms with Crippen molar-refractivity contribution in [3.8, 4) is 0 Å². The van der Waals surface area contributed by atoms with Gasteiger partial charge in [0.2, 0.25) is 5.91 Å². The number of amides is 1. The maximum Gasteiger partial charge on any atom is 0.472 e.